The largest absolute Gasteiger partial charge is 0.489 e. The molecular weight excluding hydrogens is 576 g/mol. The lowest BCUT2D eigenvalue weighted by atomic mass is 10.0. The van der Waals surface area contributed by atoms with Gasteiger partial charge < -0.3 is 13.8 Å². The van der Waals surface area contributed by atoms with Gasteiger partial charge in [-0.15, -0.1) is 0 Å². The van der Waals surface area contributed by atoms with E-state index in [2.05, 4.69) is 5.10 Å². The van der Waals surface area contributed by atoms with Crippen LogP contribution in [0.4, 0.5) is 13.2 Å². The normalized spacial score (nSPS) is 12.1. The lowest BCUT2D eigenvalue weighted by Gasteiger charge is -2.17. The summed E-state index contributed by atoms with van der Waals surface area (Å²) in [6.45, 7) is 4.80. The molecule has 4 aromatic carbocycles. The van der Waals surface area contributed by atoms with Gasteiger partial charge in [-0.05, 0) is 60.9 Å². The van der Waals surface area contributed by atoms with Crippen molar-refractivity contribution >= 4 is 18.5 Å². The van der Waals surface area contributed by atoms with Gasteiger partial charge in [0.25, 0.3) is 0 Å². The molecule has 0 N–H and O–H groups in total. The Kier molecular flexibility index (Phi) is 9.35. The van der Waals surface area contributed by atoms with E-state index in [1.165, 1.54) is 6.07 Å². The van der Waals surface area contributed by atoms with Crippen molar-refractivity contribution in [1.29, 1.82) is 0 Å². The molecule has 0 aliphatic heterocycles. The Morgan fingerprint density at radius 1 is 0.767 bits per heavy atom. The van der Waals surface area contributed by atoms with Gasteiger partial charge in [0.1, 0.15) is 17.9 Å². The summed E-state index contributed by atoms with van der Waals surface area (Å²) in [6.07, 6.45) is -4.33. The summed E-state index contributed by atoms with van der Waals surface area (Å²) in [5, 5.41) is 4.86. The highest BCUT2D eigenvalue weighted by atomic mass is 31.2. The SMILES string of the molecule is CCOP(=O)(Cc1ccc(COc2ccc(-c3c4cccc(C(F)(F)F)c4nn3Cc3ccccc3)cc2)cc1)OCC. The molecule has 1 aromatic heterocycles. The highest BCUT2D eigenvalue weighted by Gasteiger charge is 2.34. The molecule has 0 fully saturated rings. The van der Waals surface area contributed by atoms with Gasteiger partial charge in [0.2, 0.25) is 0 Å². The first kappa shape index (κ1) is 30.5. The van der Waals surface area contributed by atoms with Crippen LogP contribution in [0.15, 0.2) is 97.1 Å². The Morgan fingerprint density at radius 2 is 1.42 bits per heavy atom. The van der Waals surface area contributed by atoms with Crippen molar-refractivity contribution in [2.45, 2.75) is 39.3 Å². The minimum absolute atomic E-state index is 0.0800. The lowest BCUT2D eigenvalue weighted by Crippen LogP contribution is -2.06. The van der Waals surface area contributed by atoms with Crippen molar-refractivity contribution in [3.05, 3.63) is 119 Å². The first-order valence-electron chi connectivity index (χ1n) is 14.0. The molecule has 0 radical (unpaired) electrons. The number of rotatable bonds is 12. The summed E-state index contributed by atoms with van der Waals surface area (Å²) in [5.74, 6) is 0.611. The highest BCUT2D eigenvalue weighted by molar-refractivity contribution is 7.53. The van der Waals surface area contributed by atoms with E-state index < -0.39 is 19.3 Å². The van der Waals surface area contributed by atoms with Crippen LogP contribution >= 0.6 is 7.60 Å². The number of halogens is 3. The number of hydrogen-bond acceptors (Lipinski definition) is 5. The van der Waals surface area contributed by atoms with Crippen LogP contribution in [-0.2, 0) is 39.1 Å². The Labute approximate surface area is 248 Å². The molecule has 0 unspecified atom stereocenters. The smallest absolute Gasteiger partial charge is 0.418 e. The Morgan fingerprint density at radius 3 is 2.05 bits per heavy atom. The Hall–Kier alpha value is -3.91. The molecule has 43 heavy (non-hydrogen) atoms. The van der Waals surface area contributed by atoms with Gasteiger partial charge in [0, 0.05) is 10.9 Å². The third kappa shape index (κ3) is 7.36. The predicted octanol–water partition coefficient (Wildman–Crippen LogP) is 9.12. The first-order chi connectivity index (χ1) is 20.7. The number of hydrogen-bond donors (Lipinski definition) is 0. The summed E-state index contributed by atoms with van der Waals surface area (Å²) in [7, 11) is -3.19. The molecule has 0 bridgehead atoms. The molecule has 0 atom stereocenters. The second-order valence-electron chi connectivity index (χ2n) is 9.93. The molecule has 1 heterocycles. The molecule has 0 aliphatic carbocycles. The minimum Gasteiger partial charge on any atom is -0.489 e. The fraction of sp³-hybridized carbons (Fsp3) is 0.242. The molecule has 5 rings (SSSR count). The maximum atomic E-state index is 13.8. The van der Waals surface area contributed by atoms with Gasteiger partial charge >= 0.3 is 13.8 Å². The van der Waals surface area contributed by atoms with Crippen LogP contribution in [0.1, 0.15) is 36.1 Å². The second-order valence-corrected chi connectivity index (χ2v) is 12.0. The molecule has 0 amide bonds. The zero-order valence-electron chi connectivity index (χ0n) is 23.9. The zero-order valence-corrected chi connectivity index (χ0v) is 24.8. The number of fused-ring (bicyclic) bond motifs is 1. The van der Waals surface area contributed by atoms with Gasteiger partial charge in [0.15, 0.2) is 0 Å². The van der Waals surface area contributed by atoms with Crippen LogP contribution < -0.4 is 4.74 Å². The van der Waals surface area contributed by atoms with Crippen molar-refractivity contribution in [1.82, 2.24) is 9.78 Å². The number of nitrogens with zero attached hydrogens (tertiary/aromatic N) is 2. The van der Waals surface area contributed by atoms with Crippen LogP contribution in [0, 0.1) is 0 Å². The van der Waals surface area contributed by atoms with Gasteiger partial charge in [0.05, 0.1) is 37.2 Å². The molecule has 6 nitrogen and oxygen atoms in total. The number of benzene rings is 4. The third-order valence-corrected chi connectivity index (χ3v) is 8.89. The maximum Gasteiger partial charge on any atom is 0.418 e. The van der Waals surface area contributed by atoms with E-state index in [0.29, 0.717) is 43.2 Å². The molecule has 5 aromatic rings. The minimum atomic E-state index is -4.52. The molecular formula is C33H32F3N2O4P. The average molecular weight is 609 g/mol. The van der Waals surface area contributed by atoms with E-state index in [4.69, 9.17) is 13.8 Å². The summed E-state index contributed by atoms with van der Waals surface area (Å²) < 4.78 is 72.7. The first-order valence-corrected chi connectivity index (χ1v) is 15.7. The number of ether oxygens (including phenoxy) is 1. The fourth-order valence-corrected chi connectivity index (χ4v) is 6.62. The fourth-order valence-electron chi connectivity index (χ4n) is 4.92. The highest BCUT2D eigenvalue weighted by Crippen LogP contribution is 2.51. The Bertz CT molecular complexity index is 1690. The van der Waals surface area contributed by atoms with E-state index >= 15 is 0 Å². The molecule has 10 heteroatoms. The van der Waals surface area contributed by atoms with Crippen molar-refractivity contribution in [2.75, 3.05) is 13.2 Å². The second kappa shape index (κ2) is 13.2. The van der Waals surface area contributed by atoms with Crippen molar-refractivity contribution < 1.29 is 31.5 Å². The molecule has 0 saturated heterocycles. The number of alkyl halides is 3. The van der Waals surface area contributed by atoms with Crippen LogP contribution in [0.25, 0.3) is 22.2 Å². The van der Waals surface area contributed by atoms with Crippen LogP contribution in [0.5, 0.6) is 5.75 Å². The monoisotopic (exact) mass is 608 g/mol. The van der Waals surface area contributed by atoms with Crippen molar-refractivity contribution in [2.24, 2.45) is 0 Å². The predicted molar refractivity (Wildman–Crippen MR) is 161 cm³/mol. The maximum absolute atomic E-state index is 13.8. The van der Waals surface area contributed by atoms with Crippen LogP contribution in [0.3, 0.4) is 0 Å². The Balaban J connectivity index is 1.35. The van der Waals surface area contributed by atoms with Gasteiger partial charge in [-0.2, -0.15) is 18.3 Å². The lowest BCUT2D eigenvalue weighted by molar-refractivity contribution is -0.136. The summed E-state index contributed by atoms with van der Waals surface area (Å²) in [6, 6.07) is 28.5. The standard InChI is InChI=1S/C33H32F3N2O4P/c1-3-41-43(39,42-4-2)23-26-15-13-25(14-16-26)22-40-28-19-17-27(18-20-28)32-29-11-8-12-30(33(34,35)36)31(29)37-38(32)21-24-9-6-5-7-10-24/h5-20H,3-4,21-23H2,1-2H3. The molecule has 0 spiro atoms. The van der Waals surface area contributed by atoms with Crippen LogP contribution in [-0.4, -0.2) is 23.0 Å². The van der Waals surface area contributed by atoms with Gasteiger partial charge in [-0.25, -0.2) is 0 Å². The van der Waals surface area contributed by atoms with E-state index in [9.17, 15) is 17.7 Å². The third-order valence-electron chi connectivity index (χ3n) is 6.83. The molecule has 0 saturated carbocycles. The average Bonchev–Trinajstić information content (AvgIpc) is 3.35. The van der Waals surface area contributed by atoms with E-state index in [1.807, 2.05) is 66.7 Å². The summed E-state index contributed by atoms with van der Waals surface area (Å²) in [5.41, 5.74) is 3.17. The summed E-state index contributed by atoms with van der Waals surface area (Å²) in [4.78, 5) is 0. The van der Waals surface area contributed by atoms with Crippen molar-refractivity contribution in [3.63, 3.8) is 0 Å². The quantitative estimate of drug-likeness (QED) is 0.132. The number of aromatic nitrogens is 2. The van der Waals surface area contributed by atoms with Gasteiger partial charge in [-0.1, -0.05) is 66.7 Å². The summed E-state index contributed by atoms with van der Waals surface area (Å²) >= 11 is 0. The van der Waals surface area contributed by atoms with E-state index in [0.717, 1.165) is 28.3 Å². The van der Waals surface area contributed by atoms with E-state index in [1.54, 1.807) is 36.7 Å². The molecule has 0 aliphatic rings. The van der Waals surface area contributed by atoms with E-state index in [-0.39, 0.29) is 11.7 Å². The van der Waals surface area contributed by atoms with Crippen molar-refractivity contribution in [3.8, 4) is 17.0 Å². The topological polar surface area (TPSA) is 62.6 Å². The zero-order chi connectivity index (χ0) is 30.5. The molecule has 224 valence electrons. The van der Waals surface area contributed by atoms with Crippen LogP contribution in [0.2, 0.25) is 0 Å². The van der Waals surface area contributed by atoms with Gasteiger partial charge in [-0.3, -0.25) is 9.25 Å².